The summed E-state index contributed by atoms with van der Waals surface area (Å²) in [4.78, 5) is 11.8. The Kier molecular flexibility index (Phi) is 5.87. The first-order chi connectivity index (χ1) is 11.2. The van der Waals surface area contributed by atoms with Crippen molar-refractivity contribution in [1.29, 1.82) is 0 Å². The lowest BCUT2D eigenvalue weighted by molar-refractivity contribution is 0.0579. The van der Waals surface area contributed by atoms with Gasteiger partial charge in [0.15, 0.2) is 5.78 Å². The van der Waals surface area contributed by atoms with E-state index in [1.807, 2.05) is 18.2 Å². The summed E-state index contributed by atoms with van der Waals surface area (Å²) in [6.45, 7) is 14.0. The average Bonchev–Trinajstić information content (AvgIpc) is 2.57. The molecule has 3 nitrogen and oxygen atoms in total. The van der Waals surface area contributed by atoms with E-state index in [0.29, 0.717) is 12.0 Å². The molecule has 0 aliphatic carbocycles. The van der Waals surface area contributed by atoms with Crippen LogP contribution in [0.15, 0.2) is 24.3 Å². The number of hydrogen-bond donors (Lipinski definition) is 2. The second-order valence-electron chi connectivity index (χ2n) is 8.00. The number of nitrogens with one attached hydrogen (secondary N) is 2. The van der Waals surface area contributed by atoms with Gasteiger partial charge in [-0.1, -0.05) is 45.0 Å². The number of Topliss-reactive ketones (excluding diaryl/α,β-unsaturated/α-hetero) is 1. The SMILES string of the molecule is CCC1(C)CC(NCc2ccccc2C(C)=O)C(C)C(C)(CC)N1. The van der Waals surface area contributed by atoms with E-state index in [4.69, 9.17) is 0 Å². The molecule has 4 unspecified atom stereocenters. The highest BCUT2D eigenvalue weighted by atomic mass is 16.1. The Morgan fingerprint density at radius 3 is 2.50 bits per heavy atom. The first-order valence-electron chi connectivity index (χ1n) is 9.36. The van der Waals surface area contributed by atoms with Crippen LogP contribution in [0.2, 0.25) is 0 Å². The monoisotopic (exact) mass is 330 g/mol. The normalized spacial score (nSPS) is 33.4. The molecule has 3 heteroatoms. The van der Waals surface area contributed by atoms with Gasteiger partial charge in [-0.15, -0.1) is 0 Å². The Labute approximate surface area is 147 Å². The number of ketones is 1. The largest absolute Gasteiger partial charge is 0.309 e. The third-order valence-corrected chi connectivity index (χ3v) is 6.33. The van der Waals surface area contributed by atoms with Crippen LogP contribution in [-0.4, -0.2) is 22.9 Å². The molecule has 1 heterocycles. The fourth-order valence-corrected chi connectivity index (χ4v) is 4.11. The summed E-state index contributed by atoms with van der Waals surface area (Å²) in [5, 5.41) is 7.69. The number of rotatable bonds is 6. The van der Waals surface area contributed by atoms with Gasteiger partial charge in [0.05, 0.1) is 0 Å². The summed E-state index contributed by atoms with van der Waals surface area (Å²) < 4.78 is 0. The van der Waals surface area contributed by atoms with Crippen LogP contribution in [-0.2, 0) is 6.54 Å². The molecule has 1 aliphatic rings. The van der Waals surface area contributed by atoms with Crippen molar-refractivity contribution in [1.82, 2.24) is 10.6 Å². The van der Waals surface area contributed by atoms with Gasteiger partial charge in [-0.25, -0.2) is 0 Å². The topological polar surface area (TPSA) is 41.1 Å². The van der Waals surface area contributed by atoms with Crippen LogP contribution < -0.4 is 10.6 Å². The summed E-state index contributed by atoms with van der Waals surface area (Å²) in [6, 6.07) is 8.39. The van der Waals surface area contributed by atoms with Crippen molar-refractivity contribution in [2.24, 2.45) is 5.92 Å². The zero-order chi connectivity index (χ0) is 18.0. The lowest BCUT2D eigenvalue weighted by Gasteiger charge is -2.54. The van der Waals surface area contributed by atoms with E-state index >= 15 is 0 Å². The third-order valence-electron chi connectivity index (χ3n) is 6.33. The molecule has 1 aliphatic heterocycles. The van der Waals surface area contributed by atoms with Crippen molar-refractivity contribution in [3.05, 3.63) is 35.4 Å². The molecular formula is C21H34N2O. The maximum atomic E-state index is 11.8. The molecule has 0 bridgehead atoms. The van der Waals surface area contributed by atoms with Gasteiger partial charge >= 0.3 is 0 Å². The number of hydrogen-bond acceptors (Lipinski definition) is 3. The lowest BCUT2D eigenvalue weighted by atomic mass is 9.69. The fourth-order valence-electron chi connectivity index (χ4n) is 4.11. The second kappa shape index (κ2) is 7.37. The first kappa shape index (κ1) is 19.1. The Morgan fingerprint density at radius 2 is 1.92 bits per heavy atom. The fraction of sp³-hybridized carbons (Fsp3) is 0.667. The zero-order valence-corrected chi connectivity index (χ0v) is 16.2. The van der Waals surface area contributed by atoms with Crippen LogP contribution in [0.1, 0.15) is 76.7 Å². The Bertz CT molecular complexity index is 585. The van der Waals surface area contributed by atoms with Crippen LogP contribution in [0.5, 0.6) is 0 Å². The third kappa shape index (κ3) is 3.89. The average molecular weight is 331 g/mol. The van der Waals surface area contributed by atoms with Gasteiger partial charge in [-0.2, -0.15) is 0 Å². The molecule has 0 radical (unpaired) electrons. The smallest absolute Gasteiger partial charge is 0.160 e. The highest BCUT2D eigenvalue weighted by Gasteiger charge is 2.45. The molecular weight excluding hydrogens is 296 g/mol. The highest BCUT2D eigenvalue weighted by Crippen LogP contribution is 2.37. The highest BCUT2D eigenvalue weighted by molar-refractivity contribution is 5.95. The minimum absolute atomic E-state index is 0.140. The van der Waals surface area contributed by atoms with Gasteiger partial charge in [0.25, 0.3) is 0 Å². The minimum Gasteiger partial charge on any atom is -0.309 e. The van der Waals surface area contributed by atoms with E-state index in [1.165, 1.54) is 0 Å². The van der Waals surface area contributed by atoms with Crippen molar-refractivity contribution >= 4 is 5.78 Å². The molecule has 1 saturated heterocycles. The van der Waals surface area contributed by atoms with Gasteiger partial charge < -0.3 is 10.6 Å². The predicted molar refractivity (Wildman–Crippen MR) is 101 cm³/mol. The van der Waals surface area contributed by atoms with Gasteiger partial charge in [0.1, 0.15) is 0 Å². The van der Waals surface area contributed by atoms with Crippen LogP contribution in [0.25, 0.3) is 0 Å². The van der Waals surface area contributed by atoms with E-state index in [9.17, 15) is 4.79 Å². The number of benzene rings is 1. The quantitative estimate of drug-likeness (QED) is 0.764. The predicted octanol–water partition coefficient (Wildman–Crippen LogP) is 4.31. The molecule has 24 heavy (non-hydrogen) atoms. The van der Waals surface area contributed by atoms with Crippen molar-refractivity contribution < 1.29 is 4.79 Å². The van der Waals surface area contributed by atoms with E-state index in [0.717, 1.165) is 36.9 Å². The van der Waals surface area contributed by atoms with Crippen LogP contribution in [0.4, 0.5) is 0 Å². The molecule has 1 fully saturated rings. The number of carbonyl (C=O) groups excluding carboxylic acids is 1. The van der Waals surface area contributed by atoms with E-state index in [-0.39, 0.29) is 16.9 Å². The van der Waals surface area contributed by atoms with Crippen molar-refractivity contribution in [2.45, 2.75) is 84.5 Å². The lowest BCUT2D eigenvalue weighted by Crippen LogP contribution is -2.68. The molecule has 0 spiro atoms. The summed E-state index contributed by atoms with van der Waals surface area (Å²) in [5.41, 5.74) is 2.24. The summed E-state index contributed by atoms with van der Waals surface area (Å²) in [6.07, 6.45) is 3.35. The van der Waals surface area contributed by atoms with Crippen molar-refractivity contribution in [3.8, 4) is 0 Å². The molecule has 0 saturated carbocycles. The van der Waals surface area contributed by atoms with Gasteiger partial charge in [0, 0.05) is 29.2 Å². The van der Waals surface area contributed by atoms with E-state index in [1.54, 1.807) is 6.92 Å². The molecule has 1 aromatic rings. The summed E-state index contributed by atoms with van der Waals surface area (Å²) >= 11 is 0. The van der Waals surface area contributed by atoms with E-state index in [2.05, 4.69) is 51.3 Å². The maximum absolute atomic E-state index is 11.8. The number of carbonyl (C=O) groups is 1. The number of piperidine rings is 1. The van der Waals surface area contributed by atoms with E-state index < -0.39 is 0 Å². The van der Waals surface area contributed by atoms with Gasteiger partial charge in [-0.05, 0) is 51.5 Å². The van der Waals surface area contributed by atoms with Crippen LogP contribution >= 0.6 is 0 Å². The first-order valence-corrected chi connectivity index (χ1v) is 9.36. The van der Waals surface area contributed by atoms with Crippen molar-refractivity contribution in [2.75, 3.05) is 0 Å². The maximum Gasteiger partial charge on any atom is 0.160 e. The molecule has 0 aromatic heterocycles. The van der Waals surface area contributed by atoms with Crippen molar-refractivity contribution in [3.63, 3.8) is 0 Å². The van der Waals surface area contributed by atoms with Gasteiger partial charge in [0.2, 0.25) is 0 Å². The summed E-state index contributed by atoms with van der Waals surface area (Å²) in [7, 11) is 0. The molecule has 4 atom stereocenters. The standard InChI is InChI=1S/C21H34N2O/c1-7-20(5)13-19(15(3)21(6,8-2)23-20)22-14-17-11-9-10-12-18(17)16(4)24/h9-12,15,19,22-23H,7-8,13-14H2,1-6H3. The Morgan fingerprint density at radius 1 is 1.25 bits per heavy atom. The molecule has 2 rings (SSSR count). The molecule has 2 N–H and O–H groups in total. The Balaban J connectivity index is 2.17. The van der Waals surface area contributed by atoms with Gasteiger partial charge in [-0.3, -0.25) is 4.79 Å². The van der Waals surface area contributed by atoms with Crippen LogP contribution in [0.3, 0.4) is 0 Å². The molecule has 0 amide bonds. The zero-order valence-electron chi connectivity index (χ0n) is 16.2. The minimum atomic E-state index is 0.140. The summed E-state index contributed by atoms with van der Waals surface area (Å²) in [5.74, 6) is 0.675. The Hall–Kier alpha value is -1.19. The van der Waals surface area contributed by atoms with Crippen LogP contribution in [0, 0.1) is 5.92 Å². The molecule has 1 aromatic carbocycles. The molecule has 134 valence electrons. The second-order valence-corrected chi connectivity index (χ2v) is 8.00.